The second-order valence-electron chi connectivity index (χ2n) is 3.60. The van der Waals surface area contributed by atoms with Gasteiger partial charge in [-0.1, -0.05) is 60.7 Å². The molecular weight excluding hydrogens is 211 g/mol. The largest absolute Gasteiger partial charge is 0.306 e. The zero-order valence-corrected chi connectivity index (χ0v) is 9.17. The average molecular weight is 221 g/mol. The molecule has 2 rings (SSSR count). The van der Waals surface area contributed by atoms with Crippen molar-refractivity contribution in [3.8, 4) is 0 Å². The molecule has 0 spiro atoms. The Balaban J connectivity index is 2.08. The predicted octanol–water partition coefficient (Wildman–Crippen LogP) is 2.37. The number of rotatable bonds is 4. The number of benzene rings is 2. The van der Waals surface area contributed by atoms with Crippen molar-refractivity contribution in [1.29, 1.82) is 0 Å². The Morgan fingerprint density at radius 2 is 1.00 bits per heavy atom. The van der Waals surface area contributed by atoms with Crippen molar-refractivity contribution in [2.75, 3.05) is 0 Å². The summed E-state index contributed by atoms with van der Waals surface area (Å²) in [5.74, 6) is 0. The van der Waals surface area contributed by atoms with Crippen LogP contribution in [0.5, 0.6) is 0 Å². The van der Waals surface area contributed by atoms with E-state index in [9.17, 15) is 9.59 Å². The van der Waals surface area contributed by atoms with Crippen molar-refractivity contribution < 1.29 is 9.59 Å². The minimum absolute atomic E-state index is 0.264. The summed E-state index contributed by atoms with van der Waals surface area (Å²) < 4.78 is 0. The molecule has 0 saturated carbocycles. The van der Waals surface area contributed by atoms with Crippen molar-refractivity contribution in [2.45, 2.75) is 0 Å². The molecule has 0 N–H and O–H groups in total. The van der Waals surface area contributed by atoms with Crippen LogP contribution in [0.3, 0.4) is 0 Å². The van der Waals surface area contributed by atoms with E-state index in [2.05, 4.69) is 0 Å². The molecule has 0 bridgehead atoms. The minimum Gasteiger partial charge on any atom is -0.306 e. The van der Waals surface area contributed by atoms with Crippen molar-refractivity contribution in [3.05, 3.63) is 71.8 Å². The van der Waals surface area contributed by atoms with Crippen LogP contribution in [0.2, 0.25) is 0 Å². The van der Waals surface area contributed by atoms with E-state index in [1.54, 1.807) is 48.5 Å². The summed E-state index contributed by atoms with van der Waals surface area (Å²) in [6, 6.07) is 17.5. The van der Waals surface area contributed by atoms with Crippen LogP contribution >= 0.6 is 0 Å². The highest BCUT2D eigenvalue weighted by Gasteiger charge is 2.15. The van der Waals surface area contributed by atoms with Gasteiger partial charge in [0.25, 0.3) is 0 Å². The first-order valence-corrected chi connectivity index (χ1v) is 5.31. The molecule has 3 heteroatoms. The zero-order chi connectivity index (χ0) is 12.1. The molecule has 1 radical (unpaired) electrons. The fraction of sp³-hybridized carbons (Fsp3) is 0. The minimum atomic E-state index is -0.264. The van der Waals surface area contributed by atoms with Gasteiger partial charge in [-0.2, -0.15) is 0 Å². The van der Waals surface area contributed by atoms with Gasteiger partial charge in [0.2, 0.25) is 0 Å². The molecule has 0 amide bonds. The molecule has 81 valence electrons. The maximum Gasteiger partial charge on any atom is 0.304 e. The quantitative estimate of drug-likeness (QED) is 0.742. The van der Waals surface area contributed by atoms with Gasteiger partial charge in [0.05, 0.1) is 0 Å². The Bertz CT molecular complexity index is 471. The number of carbonyl (C=O) groups is 2. The van der Waals surface area contributed by atoms with Crippen molar-refractivity contribution >= 4 is 18.6 Å². The van der Waals surface area contributed by atoms with Crippen LogP contribution in [-0.4, -0.2) is 18.6 Å². The lowest BCUT2D eigenvalue weighted by atomic mass is 9.64. The number of hydrogen-bond donors (Lipinski definition) is 0. The predicted molar refractivity (Wildman–Crippen MR) is 67.3 cm³/mol. The summed E-state index contributed by atoms with van der Waals surface area (Å²) in [6.45, 7) is 0. The van der Waals surface area contributed by atoms with Crippen LogP contribution in [0.15, 0.2) is 60.7 Å². The Hall–Kier alpha value is -2.16. The highest BCUT2D eigenvalue weighted by Crippen LogP contribution is 2.03. The molecule has 0 aliphatic carbocycles. The molecule has 2 aromatic carbocycles. The highest BCUT2D eigenvalue weighted by atomic mass is 16.1. The summed E-state index contributed by atoms with van der Waals surface area (Å²) in [5.41, 5.74) is 0.521. The summed E-state index contributed by atoms with van der Waals surface area (Å²) >= 11 is 0. The SMILES string of the molecule is O=C([B]C(=O)c1ccccc1)c1ccccc1. The molecule has 0 aliphatic heterocycles. The van der Waals surface area contributed by atoms with E-state index in [1.165, 1.54) is 0 Å². The van der Waals surface area contributed by atoms with Crippen LogP contribution in [0.25, 0.3) is 0 Å². The molecule has 2 aromatic rings. The first kappa shape index (κ1) is 11.3. The third-order valence-electron chi connectivity index (χ3n) is 2.38. The van der Waals surface area contributed by atoms with E-state index in [4.69, 9.17) is 0 Å². The van der Waals surface area contributed by atoms with Crippen LogP contribution in [0.1, 0.15) is 20.7 Å². The Morgan fingerprint density at radius 3 is 1.35 bits per heavy atom. The third-order valence-corrected chi connectivity index (χ3v) is 2.38. The molecule has 0 heterocycles. The first-order chi connectivity index (χ1) is 8.27. The Morgan fingerprint density at radius 1 is 0.647 bits per heavy atom. The number of carbonyl (C=O) groups excluding carboxylic acids is 2. The molecular formula is C14H10BO2. The monoisotopic (exact) mass is 221 g/mol. The lowest BCUT2D eigenvalue weighted by Gasteiger charge is -1.99. The molecule has 0 aromatic heterocycles. The molecule has 0 saturated heterocycles. The molecule has 17 heavy (non-hydrogen) atoms. The Kier molecular flexibility index (Phi) is 3.50. The summed E-state index contributed by atoms with van der Waals surface area (Å²) in [7, 11) is 1.13. The van der Waals surface area contributed by atoms with Crippen molar-refractivity contribution in [2.24, 2.45) is 0 Å². The van der Waals surface area contributed by atoms with E-state index < -0.39 is 0 Å². The normalized spacial score (nSPS) is 9.65. The smallest absolute Gasteiger partial charge is 0.304 e. The van der Waals surface area contributed by atoms with Gasteiger partial charge in [0.1, 0.15) is 11.4 Å². The van der Waals surface area contributed by atoms with E-state index >= 15 is 0 Å². The molecule has 0 aliphatic rings. The van der Waals surface area contributed by atoms with E-state index in [-0.39, 0.29) is 11.4 Å². The fourth-order valence-corrected chi connectivity index (χ4v) is 1.49. The maximum absolute atomic E-state index is 11.8. The molecule has 0 atom stereocenters. The molecule has 0 fully saturated rings. The van der Waals surface area contributed by atoms with Crippen LogP contribution in [-0.2, 0) is 0 Å². The second kappa shape index (κ2) is 5.26. The van der Waals surface area contributed by atoms with Gasteiger partial charge in [-0.15, -0.1) is 0 Å². The van der Waals surface area contributed by atoms with Gasteiger partial charge in [0, 0.05) is 11.1 Å². The van der Waals surface area contributed by atoms with Crippen molar-refractivity contribution in [3.63, 3.8) is 0 Å². The Labute approximate surface area is 101 Å². The fourth-order valence-electron chi connectivity index (χ4n) is 1.49. The van der Waals surface area contributed by atoms with E-state index in [0.717, 1.165) is 7.28 Å². The van der Waals surface area contributed by atoms with Gasteiger partial charge in [-0.25, -0.2) is 0 Å². The molecule has 2 nitrogen and oxygen atoms in total. The average Bonchev–Trinajstić information content (AvgIpc) is 2.40. The second-order valence-corrected chi connectivity index (χ2v) is 3.60. The van der Waals surface area contributed by atoms with E-state index in [1.807, 2.05) is 12.1 Å². The lowest BCUT2D eigenvalue weighted by Crippen LogP contribution is -2.20. The third kappa shape index (κ3) is 2.91. The van der Waals surface area contributed by atoms with E-state index in [0.29, 0.717) is 11.1 Å². The highest BCUT2D eigenvalue weighted by molar-refractivity contribution is 7.01. The number of hydrogen-bond acceptors (Lipinski definition) is 2. The lowest BCUT2D eigenvalue weighted by molar-refractivity contribution is 0.104. The standard InChI is InChI=1S/C14H10BO2/c16-13(11-7-3-1-4-8-11)15-14(17)12-9-5-2-6-10-12/h1-10H. The van der Waals surface area contributed by atoms with Gasteiger partial charge in [0.15, 0.2) is 0 Å². The summed E-state index contributed by atoms with van der Waals surface area (Å²) in [4.78, 5) is 23.5. The van der Waals surface area contributed by atoms with Gasteiger partial charge >= 0.3 is 7.28 Å². The van der Waals surface area contributed by atoms with Gasteiger partial charge < -0.3 is 9.59 Å². The van der Waals surface area contributed by atoms with Gasteiger partial charge in [-0.3, -0.25) is 0 Å². The first-order valence-electron chi connectivity index (χ1n) is 5.31. The van der Waals surface area contributed by atoms with Crippen LogP contribution in [0.4, 0.5) is 0 Å². The summed E-state index contributed by atoms with van der Waals surface area (Å²) in [5, 5.41) is 0. The topological polar surface area (TPSA) is 34.1 Å². The molecule has 0 unspecified atom stereocenters. The van der Waals surface area contributed by atoms with Crippen molar-refractivity contribution in [1.82, 2.24) is 0 Å². The zero-order valence-electron chi connectivity index (χ0n) is 9.17. The van der Waals surface area contributed by atoms with Crippen LogP contribution < -0.4 is 0 Å². The maximum atomic E-state index is 11.8. The van der Waals surface area contributed by atoms with Crippen LogP contribution in [0, 0.1) is 0 Å². The van der Waals surface area contributed by atoms with Gasteiger partial charge in [-0.05, 0) is 0 Å². The summed E-state index contributed by atoms with van der Waals surface area (Å²) in [6.07, 6.45) is 0.